The number of hydrogen-bond donors (Lipinski definition) is 0. The summed E-state index contributed by atoms with van der Waals surface area (Å²) < 4.78 is 6.66. The zero-order chi connectivity index (χ0) is 17.8. The van der Waals surface area contributed by atoms with Crippen molar-refractivity contribution in [2.24, 2.45) is 7.05 Å². The van der Waals surface area contributed by atoms with E-state index in [9.17, 15) is 9.59 Å². The second-order valence-electron chi connectivity index (χ2n) is 5.54. The van der Waals surface area contributed by atoms with Crippen molar-refractivity contribution in [2.75, 3.05) is 38.5 Å². The Balaban J connectivity index is 1.54. The SMILES string of the molecule is CCOC(=O)N1CCN(C(=O)CSc2ncnc3c2cnn3C)CC1. The standard InChI is InChI=1S/C15H20N6O3S/c1-3-24-15(23)21-6-4-20(5-7-21)12(22)9-25-14-11-8-18-19(2)13(11)16-10-17-14/h8,10H,3-7,9H2,1-2H3. The number of nitrogens with zero attached hydrogens (tertiary/aromatic N) is 6. The van der Waals surface area contributed by atoms with Gasteiger partial charge in [-0.1, -0.05) is 11.8 Å². The highest BCUT2D eigenvalue weighted by Crippen LogP contribution is 2.24. The van der Waals surface area contributed by atoms with Crippen molar-refractivity contribution in [1.29, 1.82) is 0 Å². The number of thioether (sulfide) groups is 1. The second-order valence-corrected chi connectivity index (χ2v) is 6.50. The van der Waals surface area contributed by atoms with E-state index in [4.69, 9.17) is 4.74 Å². The van der Waals surface area contributed by atoms with Gasteiger partial charge < -0.3 is 14.5 Å². The minimum Gasteiger partial charge on any atom is -0.450 e. The molecule has 0 bridgehead atoms. The molecule has 2 amide bonds. The molecule has 0 unspecified atom stereocenters. The van der Waals surface area contributed by atoms with Crippen LogP contribution >= 0.6 is 11.8 Å². The Kier molecular flexibility index (Phi) is 5.37. The number of fused-ring (bicyclic) bond motifs is 1. The Morgan fingerprint density at radius 1 is 1.20 bits per heavy atom. The average molecular weight is 364 g/mol. The molecule has 9 nitrogen and oxygen atoms in total. The Morgan fingerprint density at radius 3 is 2.64 bits per heavy atom. The first kappa shape index (κ1) is 17.5. The minimum atomic E-state index is -0.316. The van der Waals surface area contributed by atoms with Crippen LogP contribution in [-0.4, -0.2) is 80.1 Å². The van der Waals surface area contributed by atoms with Gasteiger partial charge in [-0.25, -0.2) is 14.8 Å². The maximum absolute atomic E-state index is 12.4. The molecule has 0 aromatic carbocycles. The molecule has 1 aliphatic rings. The van der Waals surface area contributed by atoms with Gasteiger partial charge in [0.05, 0.1) is 23.9 Å². The maximum Gasteiger partial charge on any atom is 0.409 e. The lowest BCUT2D eigenvalue weighted by atomic mass is 10.3. The molecule has 2 aromatic heterocycles. The molecule has 0 spiro atoms. The molecule has 1 aliphatic heterocycles. The molecular weight excluding hydrogens is 344 g/mol. The number of hydrogen-bond acceptors (Lipinski definition) is 7. The van der Waals surface area contributed by atoms with Gasteiger partial charge in [0.25, 0.3) is 0 Å². The summed E-state index contributed by atoms with van der Waals surface area (Å²) in [6.45, 7) is 4.16. The van der Waals surface area contributed by atoms with Crippen LogP contribution in [0, 0.1) is 0 Å². The molecule has 1 saturated heterocycles. The predicted molar refractivity (Wildman–Crippen MR) is 92.2 cm³/mol. The molecule has 134 valence electrons. The molecule has 1 fully saturated rings. The van der Waals surface area contributed by atoms with E-state index in [2.05, 4.69) is 15.1 Å². The van der Waals surface area contributed by atoms with Crippen LogP contribution in [0.15, 0.2) is 17.6 Å². The third-order valence-electron chi connectivity index (χ3n) is 3.98. The molecule has 0 N–H and O–H groups in total. The van der Waals surface area contributed by atoms with E-state index in [1.54, 1.807) is 27.6 Å². The fraction of sp³-hybridized carbons (Fsp3) is 0.533. The summed E-state index contributed by atoms with van der Waals surface area (Å²) in [5.74, 6) is 0.324. The van der Waals surface area contributed by atoms with Crippen molar-refractivity contribution in [3.8, 4) is 0 Å². The summed E-state index contributed by atoms with van der Waals surface area (Å²) in [5, 5.41) is 5.76. The van der Waals surface area contributed by atoms with E-state index >= 15 is 0 Å². The summed E-state index contributed by atoms with van der Waals surface area (Å²) in [7, 11) is 1.82. The van der Waals surface area contributed by atoms with Crippen LogP contribution in [-0.2, 0) is 16.6 Å². The number of carbonyl (C=O) groups is 2. The Morgan fingerprint density at radius 2 is 1.92 bits per heavy atom. The molecule has 25 heavy (non-hydrogen) atoms. The van der Waals surface area contributed by atoms with Gasteiger partial charge in [0.2, 0.25) is 5.91 Å². The molecule has 10 heteroatoms. The third kappa shape index (κ3) is 3.84. The smallest absolute Gasteiger partial charge is 0.409 e. The normalized spacial score (nSPS) is 14.8. The zero-order valence-electron chi connectivity index (χ0n) is 14.2. The van der Waals surface area contributed by atoms with Crippen molar-refractivity contribution in [3.05, 3.63) is 12.5 Å². The van der Waals surface area contributed by atoms with E-state index in [-0.39, 0.29) is 12.0 Å². The third-order valence-corrected chi connectivity index (χ3v) is 4.97. The van der Waals surface area contributed by atoms with Crippen LogP contribution in [0.3, 0.4) is 0 Å². The number of aromatic nitrogens is 4. The van der Waals surface area contributed by atoms with E-state index in [0.717, 1.165) is 16.1 Å². The van der Waals surface area contributed by atoms with Crippen LogP contribution < -0.4 is 0 Å². The van der Waals surface area contributed by atoms with E-state index in [1.165, 1.54) is 18.1 Å². The number of carbonyl (C=O) groups excluding carboxylic acids is 2. The monoisotopic (exact) mass is 364 g/mol. The van der Waals surface area contributed by atoms with Crippen molar-refractivity contribution < 1.29 is 14.3 Å². The lowest BCUT2D eigenvalue weighted by Gasteiger charge is -2.34. The first-order valence-electron chi connectivity index (χ1n) is 8.05. The lowest BCUT2D eigenvalue weighted by molar-refractivity contribution is -0.129. The van der Waals surface area contributed by atoms with Crippen LogP contribution in [0.25, 0.3) is 11.0 Å². The molecule has 0 saturated carbocycles. The minimum absolute atomic E-state index is 0.0316. The van der Waals surface area contributed by atoms with Crippen LogP contribution in [0.2, 0.25) is 0 Å². The summed E-state index contributed by atoms with van der Waals surface area (Å²) in [6.07, 6.45) is 2.87. The van der Waals surface area contributed by atoms with Gasteiger partial charge in [0.1, 0.15) is 11.4 Å². The molecule has 3 heterocycles. The number of rotatable bonds is 4. The molecular formula is C15H20N6O3S. The second kappa shape index (κ2) is 7.68. The van der Waals surface area contributed by atoms with E-state index in [0.29, 0.717) is 38.5 Å². The zero-order valence-corrected chi connectivity index (χ0v) is 15.0. The van der Waals surface area contributed by atoms with Gasteiger partial charge in [-0.15, -0.1) is 0 Å². The van der Waals surface area contributed by atoms with Gasteiger partial charge >= 0.3 is 6.09 Å². The summed E-state index contributed by atoms with van der Waals surface area (Å²) in [5.41, 5.74) is 0.744. The van der Waals surface area contributed by atoms with Gasteiger partial charge in [-0.2, -0.15) is 5.10 Å². The maximum atomic E-state index is 12.4. The van der Waals surface area contributed by atoms with Gasteiger partial charge in [-0.05, 0) is 6.92 Å². The largest absolute Gasteiger partial charge is 0.450 e. The molecule has 2 aromatic rings. The highest BCUT2D eigenvalue weighted by molar-refractivity contribution is 8.00. The van der Waals surface area contributed by atoms with Crippen LogP contribution in [0.5, 0.6) is 0 Å². The van der Waals surface area contributed by atoms with Crippen molar-refractivity contribution in [3.63, 3.8) is 0 Å². The highest BCUT2D eigenvalue weighted by atomic mass is 32.2. The highest BCUT2D eigenvalue weighted by Gasteiger charge is 2.25. The van der Waals surface area contributed by atoms with Crippen LogP contribution in [0.1, 0.15) is 6.92 Å². The summed E-state index contributed by atoms with van der Waals surface area (Å²) >= 11 is 1.38. The van der Waals surface area contributed by atoms with Crippen LogP contribution in [0.4, 0.5) is 4.79 Å². The topological polar surface area (TPSA) is 93.4 Å². The number of piperazine rings is 1. The van der Waals surface area contributed by atoms with E-state index in [1.807, 2.05) is 7.05 Å². The Labute approximate surface area is 149 Å². The summed E-state index contributed by atoms with van der Waals surface area (Å²) in [4.78, 5) is 35.9. The van der Waals surface area contributed by atoms with Gasteiger partial charge in [0, 0.05) is 33.2 Å². The van der Waals surface area contributed by atoms with E-state index < -0.39 is 0 Å². The lowest BCUT2D eigenvalue weighted by Crippen LogP contribution is -2.51. The predicted octanol–water partition coefficient (Wildman–Crippen LogP) is 0.756. The van der Waals surface area contributed by atoms with Crippen molar-refractivity contribution >= 4 is 34.8 Å². The Hall–Kier alpha value is -2.36. The first-order valence-corrected chi connectivity index (χ1v) is 9.03. The quantitative estimate of drug-likeness (QED) is 0.584. The molecule has 0 atom stereocenters. The van der Waals surface area contributed by atoms with Gasteiger partial charge in [0.15, 0.2) is 5.65 Å². The fourth-order valence-corrected chi connectivity index (χ4v) is 3.49. The first-order chi connectivity index (χ1) is 12.1. The Bertz CT molecular complexity index is 772. The number of aryl methyl sites for hydroxylation is 1. The number of ether oxygens (including phenoxy) is 1. The van der Waals surface area contributed by atoms with Crippen molar-refractivity contribution in [1.82, 2.24) is 29.5 Å². The summed E-state index contributed by atoms with van der Waals surface area (Å²) in [6, 6.07) is 0. The molecule has 0 aliphatic carbocycles. The molecule has 0 radical (unpaired) electrons. The molecule has 3 rings (SSSR count). The van der Waals surface area contributed by atoms with Crippen molar-refractivity contribution in [2.45, 2.75) is 11.9 Å². The number of amides is 2. The fourth-order valence-electron chi connectivity index (χ4n) is 2.63. The average Bonchev–Trinajstić information content (AvgIpc) is 3.02. The van der Waals surface area contributed by atoms with Gasteiger partial charge in [-0.3, -0.25) is 9.48 Å².